The van der Waals surface area contributed by atoms with E-state index < -0.39 is 4.92 Å². The summed E-state index contributed by atoms with van der Waals surface area (Å²) in [5, 5.41) is 20.3. The van der Waals surface area contributed by atoms with Crippen LogP contribution >= 0.6 is 0 Å². The van der Waals surface area contributed by atoms with Crippen LogP contribution in [0.4, 0.5) is 17.3 Å². The van der Waals surface area contributed by atoms with Crippen LogP contribution in [0.3, 0.4) is 0 Å². The van der Waals surface area contributed by atoms with Crippen molar-refractivity contribution in [3.63, 3.8) is 0 Å². The van der Waals surface area contributed by atoms with E-state index >= 15 is 0 Å². The lowest BCUT2D eigenvalue weighted by Gasteiger charge is -2.05. The molecule has 0 atom stereocenters. The molecule has 2 rings (SSSR count). The Kier molecular flexibility index (Phi) is 3.60. The third-order valence-electron chi connectivity index (χ3n) is 2.40. The second-order valence-electron chi connectivity index (χ2n) is 3.89. The lowest BCUT2D eigenvalue weighted by molar-refractivity contribution is -0.384. The Labute approximate surface area is 109 Å². The Hall–Kier alpha value is -2.64. The molecule has 0 saturated heterocycles. The molecule has 0 saturated carbocycles. The first kappa shape index (κ1) is 12.8. The number of nitro groups is 1. The smallest absolute Gasteiger partial charge is 0.276 e. The molecule has 2 aromatic rings. The lowest BCUT2D eigenvalue weighted by atomic mass is 10.3. The maximum absolute atomic E-state index is 10.8. The second-order valence-corrected chi connectivity index (χ2v) is 3.89. The highest BCUT2D eigenvalue weighted by Gasteiger charge is 2.11. The third kappa shape index (κ3) is 3.18. The van der Waals surface area contributed by atoms with E-state index in [-0.39, 0.29) is 5.69 Å². The van der Waals surface area contributed by atoms with Gasteiger partial charge in [0.05, 0.1) is 29.3 Å². The van der Waals surface area contributed by atoms with E-state index in [4.69, 9.17) is 4.52 Å². The lowest BCUT2D eigenvalue weighted by Crippen LogP contribution is -2.03. The number of nitrogens with one attached hydrogen (secondary N) is 2. The van der Waals surface area contributed by atoms with Gasteiger partial charge in [-0.15, -0.1) is 0 Å². The van der Waals surface area contributed by atoms with E-state index in [9.17, 15) is 10.1 Å². The molecule has 100 valence electrons. The summed E-state index contributed by atoms with van der Waals surface area (Å²) in [4.78, 5) is 14.5. The van der Waals surface area contributed by atoms with Crippen LogP contribution in [0.5, 0.6) is 0 Å². The number of hydrogen-bond acceptors (Lipinski definition) is 7. The van der Waals surface area contributed by atoms with Crippen LogP contribution < -0.4 is 10.6 Å². The van der Waals surface area contributed by atoms with Crippen molar-refractivity contribution in [3.05, 3.63) is 39.8 Å². The predicted octanol–water partition coefficient (Wildman–Crippen LogP) is 1.94. The highest BCUT2D eigenvalue weighted by Crippen LogP contribution is 2.20. The Bertz CT molecular complexity index is 596. The standard InChI is InChI=1S/C11H13N5O3/c1-7-3-9(19-15-7)6-13-11-5-8(16(17)18)4-10(12-2)14-11/h3-5H,6H2,1-2H3,(H2,12,13,14). The predicted molar refractivity (Wildman–Crippen MR) is 69.0 cm³/mol. The third-order valence-corrected chi connectivity index (χ3v) is 2.40. The molecule has 0 amide bonds. The van der Waals surface area contributed by atoms with Crippen LogP contribution in [-0.4, -0.2) is 22.1 Å². The van der Waals surface area contributed by atoms with E-state index in [1.165, 1.54) is 12.1 Å². The van der Waals surface area contributed by atoms with Crippen LogP contribution in [0.15, 0.2) is 22.7 Å². The normalized spacial score (nSPS) is 10.2. The summed E-state index contributed by atoms with van der Waals surface area (Å²) >= 11 is 0. The fourth-order valence-corrected chi connectivity index (χ4v) is 1.52. The van der Waals surface area contributed by atoms with Gasteiger partial charge in [-0.3, -0.25) is 10.1 Å². The maximum atomic E-state index is 10.8. The number of pyridine rings is 1. The largest absolute Gasteiger partial charge is 0.373 e. The summed E-state index contributed by atoms with van der Waals surface area (Å²) in [5.74, 6) is 1.45. The first-order valence-corrected chi connectivity index (χ1v) is 5.59. The van der Waals surface area contributed by atoms with Gasteiger partial charge in [0.2, 0.25) is 0 Å². The SMILES string of the molecule is CNc1cc([N+](=O)[O-])cc(NCc2cc(C)no2)n1. The van der Waals surface area contributed by atoms with Crippen LogP contribution in [0.25, 0.3) is 0 Å². The summed E-state index contributed by atoms with van der Waals surface area (Å²) in [5.41, 5.74) is 0.746. The summed E-state index contributed by atoms with van der Waals surface area (Å²) in [7, 11) is 1.65. The molecule has 2 aromatic heterocycles. The molecule has 0 aliphatic carbocycles. The molecular weight excluding hydrogens is 250 g/mol. The molecule has 0 aromatic carbocycles. The quantitative estimate of drug-likeness (QED) is 0.627. The van der Waals surface area contributed by atoms with Gasteiger partial charge in [-0.25, -0.2) is 4.98 Å². The van der Waals surface area contributed by atoms with E-state index in [1.54, 1.807) is 13.1 Å². The summed E-state index contributed by atoms with van der Waals surface area (Å²) in [6.07, 6.45) is 0. The Morgan fingerprint density at radius 3 is 2.68 bits per heavy atom. The van der Waals surface area contributed by atoms with Crippen molar-refractivity contribution in [2.24, 2.45) is 0 Å². The number of aromatic nitrogens is 2. The molecule has 0 fully saturated rings. The molecule has 0 radical (unpaired) electrons. The highest BCUT2D eigenvalue weighted by atomic mass is 16.6. The molecule has 19 heavy (non-hydrogen) atoms. The first-order chi connectivity index (χ1) is 9.08. The van der Waals surface area contributed by atoms with E-state index in [2.05, 4.69) is 20.8 Å². The summed E-state index contributed by atoms with van der Waals surface area (Å²) < 4.78 is 5.03. The molecule has 2 heterocycles. The topological polar surface area (TPSA) is 106 Å². The molecule has 8 nitrogen and oxygen atoms in total. The van der Waals surface area contributed by atoms with Gasteiger partial charge in [0.1, 0.15) is 11.6 Å². The average molecular weight is 263 g/mol. The van der Waals surface area contributed by atoms with Crippen LogP contribution in [-0.2, 0) is 6.54 Å². The average Bonchev–Trinajstić information content (AvgIpc) is 2.81. The highest BCUT2D eigenvalue weighted by molar-refractivity contribution is 5.54. The van der Waals surface area contributed by atoms with Crippen molar-refractivity contribution >= 4 is 17.3 Å². The van der Waals surface area contributed by atoms with Crippen molar-refractivity contribution in [2.75, 3.05) is 17.7 Å². The van der Waals surface area contributed by atoms with Gasteiger partial charge >= 0.3 is 0 Å². The van der Waals surface area contributed by atoms with Crippen molar-refractivity contribution < 1.29 is 9.45 Å². The monoisotopic (exact) mass is 263 g/mol. The van der Waals surface area contributed by atoms with Crippen molar-refractivity contribution in [1.29, 1.82) is 0 Å². The molecule has 0 spiro atoms. The number of hydrogen-bond donors (Lipinski definition) is 2. The zero-order valence-corrected chi connectivity index (χ0v) is 10.5. The minimum absolute atomic E-state index is 0.0319. The minimum atomic E-state index is -0.466. The zero-order chi connectivity index (χ0) is 13.8. The fourth-order valence-electron chi connectivity index (χ4n) is 1.52. The summed E-state index contributed by atoms with van der Waals surface area (Å²) in [6.45, 7) is 2.18. The van der Waals surface area contributed by atoms with Crippen LogP contribution in [0.2, 0.25) is 0 Å². The van der Waals surface area contributed by atoms with Gasteiger partial charge in [0.25, 0.3) is 5.69 Å². The van der Waals surface area contributed by atoms with Gasteiger partial charge in [-0.2, -0.15) is 0 Å². The molecule has 0 bridgehead atoms. The molecule has 2 N–H and O–H groups in total. The maximum Gasteiger partial charge on any atom is 0.276 e. The van der Waals surface area contributed by atoms with Crippen molar-refractivity contribution in [2.45, 2.75) is 13.5 Å². The fraction of sp³-hybridized carbons (Fsp3) is 0.273. The van der Waals surface area contributed by atoms with Gasteiger partial charge < -0.3 is 15.2 Å². The van der Waals surface area contributed by atoms with Gasteiger partial charge in [0, 0.05) is 13.1 Å². The van der Waals surface area contributed by atoms with E-state index in [1.807, 2.05) is 6.92 Å². The Morgan fingerprint density at radius 2 is 2.11 bits per heavy atom. The zero-order valence-electron chi connectivity index (χ0n) is 10.5. The Balaban J connectivity index is 2.15. The van der Waals surface area contributed by atoms with E-state index in [0.29, 0.717) is 23.9 Å². The van der Waals surface area contributed by atoms with Crippen LogP contribution in [0, 0.1) is 17.0 Å². The number of aryl methyl sites for hydroxylation is 1. The molecule has 0 aliphatic rings. The van der Waals surface area contributed by atoms with Gasteiger partial charge in [-0.05, 0) is 6.92 Å². The molecule has 0 unspecified atom stereocenters. The number of rotatable bonds is 5. The van der Waals surface area contributed by atoms with Crippen molar-refractivity contribution in [1.82, 2.24) is 10.1 Å². The van der Waals surface area contributed by atoms with Crippen LogP contribution in [0.1, 0.15) is 11.5 Å². The first-order valence-electron chi connectivity index (χ1n) is 5.59. The molecule has 8 heteroatoms. The number of nitrogens with zero attached hydrogens (tertiary/aromatic N) is 3. The molecule has 0 aliphatic heterocycles. The number of anilines is 2. The minimum Gasteiger partial charge on any atom is -0.373 e. The van der Waals surface area contributed by atoms with Gasteiger partial charge in [-0.1, -0.05) is 5.16 Å². The molecular formula is C11H13N5O3. The van der Waals surface area contributed by atoms with Crippen molar-refractivity contribution in [3.8, 4) is 0 Å². The van der Waals surface area contributed by atoms with Gasteiger partial charge in [0.15, 0.2) is 5.76 Å². The summed E-state index contributed by atoms with van der Waals surface area (Å²) in [6, 6.07) is 4.51. The van der Waals surface area contributed by atoms with E-state index in [0.717, 1.165) is 5.69 Å². The Morgan fingerprint density at radius 1 is 1.37 bits per heavy atom. The second kappa shape index (κ2) is 5.34.